The SMILES string of the molecule is CCC(C)CCCCCCCCCCCCC(=O)OC[C@H](COP(=O)(O)OC[C@@H](O)COP(=O)(O)OC[C@@H](COC(=O)CCCCCCCCCCC(C)CC)OC(=O)CCCCCCCCCCC(C)CC)OC(=O)CCCCCCCCCCCCCCCCCC(C)C. The van der Waals surface area contributed by atoms with Crippen LogP contribution in [0.25, 0.3) is 0 Å². The van der Waals surface area contributed by atoms with Crippen molar-refractivity contribution in [3.8, 4) is 0 Å². The van der Waals surface area contributed by atoms with Crippen molar-refractivity contribution in [2.75, 3.05) is 39.6 Å². The van der Waals surface area contributed by atoms with E-state index in [9.17, 15) is 43.2 Å². The molecule has 8 atom stereocenters. The number of hydrogen-bond donors (Lipinski definition) is 3. The van der Waals surface area contributed by atoms with Gasteiger partial charge < -0.3 is 33.8 Å². The number of phosphoric acid groups is 2. The normalized spacial score (nSPS) is 15.0. The molecule has 0 bridgehead atoms. The van der Waals surface area contributed by atoms with Gasteiger partial charge in [-0.25, -0.2) is 9.13 Å². The number of phosphoric ester groups is 2. The molecular weight excluding hydrogens is 1260 g/mol. The van der Waals surface area contributed by atoms with Gasteiger partial charge in [0.05, 0.1) is 26.4 Å². The Balaban J connectivity index is 5.27. The third kappa shape index (κ3) is 66.6. The van der Waals surface area contributed by atoms with Gasteiger partial charge in [-0.05, 0) is 49.4 Å². The topological polar surface area (TPSA) is 237 Å². The van der Waals surface area contributed by atoms with Crippen LogP contribution >= 0.6 is 15.6 Å². The predicted molar refractivity (Wildman–Crippen MR) is 391 cm³/mol. The summed E-state index contributed by atoms with van der Waals surface area (Å²) in [5.41, 5.74) is 0. The molecule has 19 heteroatoms. The minimum Gasteiger partial charge on any atom is -0.462 e. The maximum absolute atomic E-state index is 13.1. The second-order valence-corrected chi connectivity index (χ2v) is 31.9. The molecule has 0 fully saturated rings. The lowest BCUT2D eigenvalue weighted by Crippen LogP contribution is -2.30. The van der Waals surface area contributed by atoms with E-state index in [0.29, 0.717) is 25.7 Å². The predicted octanol–water partition coefficient (Wildman–Crippen LogP) is 22.4. The molecule has 0 saturated heterocycles. The number of aliphatic hydroxyl groups excluding tert-OH is 1. The lowest BCUT2D eigenvalue weighted by molar-refractivity contribution is -0.161. The minimum absolute atomic E-state index is 0.104. The van der Waals surface area contributed by atoms with E-state index in [1.807, 2.05) is 0 Å². The van der Waals surface area contributed by atoms with E-state index in [0.717, 1.165) is 114 Å². The number of aliphatic hydroxyl groups is 1. The summed E-state index contributed by atoms with van der Waals surface area (Å²) in [4.78, 5) is 72.9. The molecule has 0 heterocycles. The van der Waals surface area contributed by atoms with E-state index in [1.54, 1.807) is 0 Å². The van der Waals surface area contributed by atoms with Crippen molar-refractivity contribution in [1.82, 2.24) is 0 Å². The summed E-state index contributed by atoms with van der Waals surface area (Å²) in [5.74, 6) is 1.04. The van der Waals surface area contributed by atoms with Gasteiger partial charge in [0.15, 0.2) is 12.2 Å². The van der Waals surface area contributed by atoms with Crippen LogP contribution in [0.2, 0.25) is 0 Å². The molecule has 0 aromatic heterocycles. The number of unbranched alkanes of at least 4 members (excludes halogenated alkanes) is 37. The first-order valence-electron chi connectivity index (χ1n) is 39.8. The standard InChI is InChI=1S/C77H150O17P2/c1-9-68(6)54-46-38-30-22-19-20-23-33-41-49-57-74(79)87-63-72(93-76(81)59-51-43-35-24-18-16-14-12-13-15-17-21-29-37-45-53-67(4)5)65-91-95(83,84)89-61-71(78)62-90-96(85,86)92-66-73(94-77(82)60-52-44-36-28-26-32-40-48-56-70(8)11-3)64-88-75(80)58-50-42-34-27-25-31-39-47-55-69(7)10-2/h67-73,78H,9-66H2,1-8H3,(H,83,84)(H,85,86)/t68?,69?,70?,71-,72-,73-/m1/s1. The first-order valence-corrected chi connectivity index (χ1v) is 42.8. The molecule has 0 aliphatic rings. The highest BCUT2D eigenvalue weighted by molar-refractivity contribution is 7.47. The highest BCUT2D eigenvalue weighted by Crippen LogP contribution is 2.45. The van der Waals surface area contributed by atoms with Gasteiger partial charge in [-0.1, -0.05) is 338 Å². The van der Waals surface area contributed by atoms with Gasteiger partial charge in [0.25, 0.3) is 0 Å². The van der Waals surface area contributed by atoms with Crippen molar-refractivity contribution < 1.29 is 80.2 Å². The zero-order valence-electron chi connectivity index (χ0n) is 63.0. The monoisotopic (exact) mass is 1410 g/mol. The van der Waals surface area contributed by atoms with Crippen LogP contribution in [0.15, 0.2) is 0 Å². The molecule has 0 rings (SSSR count). The Kier molecular flexibility index (Phi) is 65.0. The van der Waals surface area contributed by atoms with Crippen LogP contribution in [0.3, 0.4) is 0 Å². The summed E-state index contributed by atoms with van der Waals surface area (Å²) in [6.07, 6.45) is 51.1. The third-order valence-corrected chi connectivity index (χ3v) is 20.8. The zero-order valence-corrected chi connectivity index (χ0v) is 64.8. The van der Waals surface area contributed by atoms with E-state index >= 15 is 0 Å². The molecule has 0 spiro atoms. The van der Waals surface area contributed by atoms with Crippen LogP contribution in [0.4, 0.5) is 0 Å². The summed E-state index contributed by atoms with van der Waals surface area (Å²) in [5, 5.41) is 10.6. The maximum Gasteiger partial charge on any atom is 0.472 e. The average molecular weight is 1410 g/mol. The van der Waals surface area contributed by atoms with Crippen molar-refractivity contribution in [3.63, 3.8) is 0 Å². The number of rotatable bonds is 74. The van der Waals surface area contributed by atoms with Crippen molar-refractivity contribution in [3.05, 3.63) is 0 Å². The summed E-state index contributed by atoms with van der Waals surface area (Å²) < 4.78 is 68.6. The smallest absolute Gasteiger partial charge is 0.462 e. The minimum atomic E-state index is -4.96. The fraction of sp³-hybridized carbons (Fsp3) is 0.948. The highest BCUT2D eigenvalue weighted by atomic mass is 31.2. The van der Waals surface area contributed by atoms with Crippen molar-refractivity contribution in [1.29, 1.82) is 0 Å². The quantitative estimate of drug-likeness (QED) is 0.0222. The Morgan fingerprint density at radius 1 is 0.292 bits per heavy atom. The summed E-state index contributed by atoms with van der Waals surface area (Å²) >= 11 is 0. The molecule has 570 valence electrons. The van der Waals surface area contributed by atoms with Gasteiger partial charge in [-0.3, -0.25) is 37.3 Å². The van der Waals surface area contributed by atoms with Crippen LogP contribution in [-0.4, -0.2) is 96.7 Å². The first-order chi connectivity index (χ1) is 46.2. The van der Waals surface area contributed by atoms with E-state index in [2.05, 4.69) is 55.4 Å². The van der Waals surface area contributed by atoms with Gasteiger partial charge >= 0.3 is 39.5 Å². The first kappa shape index (κ1) is 94.1. The van der Waals surface area contributed by atoms with Crippen LogP contribution in [0, 0.1) is 23.7 Å². The second kappa shape index (κ2) is 66.3. The molecule has 0 aromatic carbocycles. The lowest BCUT2D eigenvalue weighted by atomic mass is 9.99. The molecule has 0 aliphatic carbocycles. The maximum atomic E-state index is 13.1. The molecule has 17 nitrogen and oxygen atoms in total. The van der Waals surface area contributed by atoms with E-state index in [4.69, 9.17) is 37.0 Å². The molecule has 0 amide bonds. The summed E-state index contributed by atoms with van der Waals surface area (Å²) in [6.45, 7) is 14.3. The number of hydrogen-bond acceptors (Lipinski definition) is 15. The number of carbonyl (C=O) groups excluding carboxylic acids is 4. The molecule has 0 radical (unpaired) electrons. The summed E-state index contributed by atoms with van der Waals surface area (Å²) in [7, 11) is -9.92. The molecule has 0 aliphatic heterocycles. The third-order valence-electron chi connectivity index (χ3n) is 18.9. The van der Waals surface area contributed by atoms with Crippen molar-refractivity contribution >= 4 is 39.5 Å². The average Bonchev–Trinajstić information content (AvgIpc) is 1.46. The van der Waals surface area contributed by atoms with Gasteiger partial charge in [-0.2, -0.15) is 0 Å². The van der Waals surface area contributed by atoms with Gasteiger partial charge in [-0.15, -0.1) is 0 Å². The molecule has 5 unspecified atom stereocenters. The van der Waals surface area contributed by atoms with E-state index in [-0.39, 0.29) is 25.7 Å². The van der Waals surface area contributed by atoms with Gasteiger partial charge in [0.2, 0.25) is 0 Å². The summed E-state index contributed by atoms with van der Waals surface area (Å²) in [6, 6.07) is 0. The molecular formula is C77H150O17P2. The number of esters is 4. The van der Waals surface area contributed by atoms with Gasteiger partial charge in [0.1, 0.15) is 19.3 Å². The van der Waals surface area contributed by atoms with E-state index < -0.39 is 97.5 Å². The fourth-order valence-corrected chi connectivity index (χ4v) is 13.2. The Hall–Kier alpha value is -1.94. The number of ether oxygens (including phenoxy) is 4. The van der Waals surface area contributed by atoms with E-state index in [1.165, 1.54) is 193 Å². The van der Waals surface area contributed by atoms with Crippen LogP contribution in [0.5, 0.6) is 0 Å². The van der Waals surface area contributed by atoms with Crippen LogP contribution < -0.4 is 0 Å². The van der Waals surface area contributed by atoms with Crippen LogP contribution in [-0.2, 0) is 65.4 Å². The Labute approximate surface area is 588 Å². The second-order valence-electron chi connectivity index (χ2n) is 28.9. The van der Waals surface area contributed by atoms with Crippen molar-refractivity contribution in [2.45, 2.75) is 408 Å². The van der Waals surface area contributed by atoms with Gasteiger partial charge in [0, 0.05) is 25.7 Å². The number of carbonyl (C=O) groups is 4. The Bertz CT molecular complexity index is 1890. The van der Waals surface area contributed by atoms with Crippen molar-refractivity contribution in [2.24, 2.45) is 23.7 Å². The Morgan fingerprint density at radius 2 is 0.500 bits per heavy atom. The van der Waals surface area contributed by atoms with Crippen LogP contribution in [0.1, 0.15) is 389 Å². The molecule has 96 heavy (non-hydrogen) atoms. The largest absolute Gasteiger partial charge is 0.472 e. The Morgan fingerprint density at radius 3 is 0.740 bits per heavy atom. The lowest BCUT2D eigenvalue weighted by Gasteiger charge is -2.21. The highest BCUT2D eigenvalue weighted by Gasteiger charge is 2.30. The molecule has 0 aromatic rings. The zero-order chi connectivity index (χ0) is 71.0. The molecule has 3 N–H and O–H groups in total. The fourth-order valence-electron chi connectivity index (χ4n) is 11.6. The molecule has 0 saturated carbocycles.